The van der Waals surface area contributed by atoms with Gasteiger partial charge in [0.15, 0.2) is 0 Å². The zero-order chi connectivity index (χ0) is 9.14. The van der Waals surface area contributed by atoms with E-state index in [1.54, 1.807) is 4.90 Å². The Kier molecular flexibility index (Phi) is 2.75. The van der Waals surface area contributed by atoms with Crippen molar-refractivity contribution in [1.82, 2.24) is 9.97 Å². The normalized spacial score (nSPS) is 9.92. The highest BCUT2D eigenvalue weighted by Crippen LogP contribution is 2.10. The maximum atomic E-state index is 11.0. The van der Waals surface area contributed by atoms with Crippen LogP contribution in [0.2, 0.25) is 0 Å². The van der Waals surface area contributed by atoms with Crippen LogP contribution in [0.25, 0.3) is 0 Å². The third-order valence-corrected chi connectivity index (χ3v) is 1.97. The van der Waals surface area contributed by atoms with E-state index in [0.717, 1.165) is 5.03 Å². The first-order valence-corrected chi connectivity index (χ1v) is 4.68. The van der Waals surface area contributed by atoms with Gasteiger partial charge in [0.25, 0.3) is 5.56 Å². The number of aromatic amines is 1. The van der Waals surface area contributed by atoms with E-state index in [4.69, 9.17) is 0 Å². The molecule has 0 aliphatic carbocycles. The summed E-state index contributed by atoms with van der Waals surface area (Å²) in [5.74, 6) is 0.590. The molecule has 4 nitrogen and oxygen atoms in total. The second-order valence-electron chi connectivity index (χ2n) is 2.51. The van der Waals surface area contributed by atoms with Crippen molar-refractivity contribution in [2.24, 2.45) is 0 Å². The maximum absolute atomic E-state index is 11.0. The molecule has 1 aromatic rings. The van der Waals surface area contributed by atoms with Crippen molar-refractivity contribution >= 4 is 17.7 Å². The lowest BCUT2D eigenvalue weighted by molar-refractivity contribution is 0.932. The molecular formula is C7H11N3OS. The molecule has 0 fully saturated rings. The van der Waals surface area contributed by atoms with E-state index in [-0.39, 0.29) is 5.56 Å². The number of rotatable bonds is 2. The molecule has 0 bridgehead atoms. The molecular weight excluding hydrogens is 174 g/mol. The Morgan fingerprint density at radius 2 is 2.25 bits per heavy atom. The van der Waals surface area contributed by atoms with Crippen LogP contribution in [0.15, 0.2) is 15.9 Å². The molecule has 12 heavy (non-hydrogen) atoms. The van der Waals surface area contributed by atoms with E-state index in [0.29, 0.717) is 5.95 Å². The first-order valence-electron chi connectivity index (χ1n) is 3.46. The van der Waals surface area contributed by atoms with Gasteiger partial charge in [-0.05, 0) is 6.26 Å². The Bertz CT molecular complexity index is 321. The van der Waals surface area contributed by atoms with Crippen molar-refractivity contribution in [2.75, 3.05) is 25.3 Å². The average molecular weight is 185 g/mol. The fraction of sp³-hybridized carbons (Fsp3) is 0.429. The topological polar surface area (TPSA) is 49.0 Å². The predicted molar refractivity (Wildman–Crippen MR) is 51.0 cm³/mol. The van der Waals surface area contributed by atoms with Crippen molar-refractivity contribution in [3.8, 4) is 0 Å². The number of anilines is 1. The van der Waals surface area contributed by atoms with E-state index in [9.17, 15) is 4.79 Å². The predicted octanol–water partition coefficient (Wildman–Crippen LogP) is 0.558. The van der Waals surface area contributed by atoms with Gasteiger partial charge in [-0.3, -0.25) is 9.78 Å². The van der Waals surface area contributed by atoms with E-state index >= 15 is 0 Å². The smallest absolute Gasteiger partial charge is 0.253 e. The van der Waals surface area contributed by atoms with Crippen LogP contribution in [-0.2, 0) is 0 Å². The SMILES string of the molecule is CSc1cc(=O)[nH]c(N(C)C)n1. The van der Waals surface area contributed by atoms with E-state index in [1.807, 2.05) is 20.4 Å². The van der Waals surface area contributed by atoms with Gasteiger partial charge in [0.2, 0.25) is 5.95 Å². The van der Waals surface area contributed by atoms with Crippen LogP contribution in [-0.4, -0.2) is 30.3 Å². The zero-order valence-electron chi connectivity index (χ0n) is 7.29. The fourth-order valence-electron chi connectivity index (χ4n) is 0.739. The van der Waals surface area contributed by atoms with Gasteiger partial charge in [-0.1, -0.05) is 0 Å². The third-order valence-electron chi connectivity index (χ3n) is 1.34. The summed E-state index contributed by atoms with van der Waals surface area (Å²) in [6.07, 6.45) is 1.89. The minimum atomic E-state index is -0.113. The fourth-order valence-corrected chi connectivity index (χ4v) is 1.14. The monoisotopic (exact) mass is 185 g/mol. The number of hydrogen-bond acceptors (Lipinski definition) is 4. The van der Waals surface area contributed by atoms with Gasteiger partial charge in [-0.15, -0.1) is 11.8 Å². The third kappa shape index (κ3) is 2.01. The lowest BCUT2D eigenvalue weighted by Crippen LogP contribution is -2.18. The highest BCUT2D eigenvalue weighted by atomic mass is 32.2. The number of nitrogens with one attached hydrogen (secondary N) is 1. The van der Waals surface area contributed by atoms with Gasteiger partial charge >= 0.3 is 0 Å². The molecule has 66 valence electrons. The summed E-state index contributed by atoms with van der Waals surface area (Å²) in [4.78, 5) is 19.6. The Labute approximate surface area is 75.0 Å². The van der Waals surface area contributed by atoms with Crippen LogP contribution < -0.4 is 10.5 Å². The molecule has 1 N–H and O–H groups in total. The molecule has 0 aliphatic rings. The first kappa shape index (κ1) is 9.12. The van der Waals surface area contributed by atoms with Crippen molar-refractivity contribution in [3.05, 3.63) is 16.4 Å². The summed E-state index contributed by atoms with van der Waals surface area (Å²) in [6.45, 7) is 0. The first-order chi connectivity index (χ1) is 5.63. The lowest BCUT2D eigenvalue weighted by atomic mass is 10.6. The molecule has 0 saturated heterocycles. The standard InChI is InChI=1S/C7H11N3OS/c1-10(2)7-8-5(11)4-6(9-7)12-3/h4H,1-3H3,(H,8,9,11). The van der Waals surface area contributed by atoms with Crippen molar-refractivity contribution in [1.29, 1.82) is 0 Å². The summed E-state index contributed by atoms with van der Waals surface area (Å²) in [5.41, 5.74) is -0.113. The highest BCUT2D eigenvalue weighted by Gasteiger charge is 2.00. The summed E-state index contributed by atoms with van der Waals surface area (Å²) in [6, 6.07) is 1.48. The summed E-state index contributed by atoms with van der Waals surface area (Å²) in [7, 11) is 3.67. The number of H-pyrrole nitrogens is 1. The average Bonchev–Trinajstić information content (AvgIpc) is 2.03. The maximum Gasteiger partial charge on any atom is 0.253 e. The van der Waals surface area contributed by atoms with E-state index in [2.05, 4.69) is 9.97 Å². The Morgan fingerprint density at radius 1 is 1.58 bits per heavy atom. The second kappa shape index (κ2) is 3.62. The van der Waals surface area contributed by atoms with Gasteiger partial charge in [0.05, 0.1) is 0 Å². The molecule has 0 spiro atoms. The van der Waals surface area contributed by atoms with Crippen LogP contribution in [0, 0.1) is 0 Å². The minimum Gasteiger partial charge on any atom is -0.348 e. The van der Waals surface area contributed by atoms with Gasteiger partial charge < -0.3 is 4.90 Å². The molecule has 0 unspecified atom stereocenters. The highest BCUT2D eigenvalue weighted by molar-refractivity contribution is 7.98. The largest absolute Gasteiger partial charge is 0.348 e. The zero-order valence-corrected chi connectivity index (χ0v) is 8.10. The number of thioether (sulfide) groups is 1. The van der Waals surface area contributed by atoms with Gasteiger partial charge in [0, 0.05) is 20.2 Å². The lowest BCUT2D eigenvalue weighted by Gasteiger charge is -2.10. The van der Waals surface area contributed by atoms with Gasteiger partial charge in [-0.2, -0.15) is 0 Å². The molecule has 0 atom stereocenters. The van der Waals surface area contributed by atoms with Crippen molar-refractivity contribution in [3.63, 3.8) is 0 Å². The molecule has 5 heteroatoms. The van der Waals surface area contributed by atoms with E-state index in [1.165, 1.54) is 17.8 Å². The number of hydrogen-bond donors (Lipinski definition) is 1. The summed E-state index contributed by atoms with van der Waals surface area (Å²) >= 11 is 1.46. The molecule has 1 rings (SSSR count). The van der Waals surface area contributed by atoms with E-state index < -0.39 is 0 Å². The molecule has 0 aromatic carbocycles. The number of aromatic nitrogens is 2. The second-order valence-corrected chi connectivity index (χ2v) is 3.33. The molecule has 0 saturated carbocycles. The minimum absolute atomic E-state index is 0.113. The Morgan fingerprint density at radius 3 is 2.75 bits per heavy atom. The Balaban J connectivity index is 3.15. The quantitative estimate of drug-likeness (QED) is 0.540. The molecule has 0 amide bonds. The molecule has 0 aliphatic heterocycles. The molecule has 0 radical (unpaired) electrons. The van der Waals surface area contributed by atoms with Gasteiger partial charge in [-0.25, -0.2) is 4.98 Å². The molecule has 1 aromatic heterocycles. The Hall–Kier alpha value is -0.970. The summed E-state index contributed by atoms with van der Waals surface area (Å²) < 4.78 is 0. The van der Waals surface area contributed by atoms with Crippen molar-refractivity contribution in [2.45, 2.75) is 5.03 Å². The van der Waals surface area contributed by atoms with Crippen molar-refractivity contribution < 1.29 is 0 Å². The number of nitrogens with zero attached hydrogens (tertiary/aromatic N) is 2. The molecule has 1 heterocycles. The van der Waals surface area contributed by atoms with Crippen LogP contribution in [0.4, 0.5) is 5.95 Å². The van der Waals surface area contributed by atoms with Gasteiger partial charge in [0.1, 0.15) is 5.03 Å². The summed E-state index contributed by atoms with van der Waals surface area (Å²) in [5, 5.41) is 0.738. The van der Waals surface area contributed by atoms with Crippen LogP contribution in [0.3, 0.4) is 0 Å². The van der Waals surface area contributed by atoms with Crippen LogP contribution >= 0.6 is 11.8 Å². The van der Waals surface area contributed by atoms with Crippen LogP contribution in [0.1, 0.15) is 0 Å². The van der Waals surface area contributed by atoms with Crippen LogP contribution in [0.5, 0.6) is 0 Å².